The summed E-state index contributed by atoms with van der Waals surface area (Å²) < 4.78 is 12.0. The van der Waals surface area contributed by atoms with Crippen molar-refractivity contribution in [3.63, 3.8) is 0 Å². The fourth-order valence-corrected chi connectivity index (χ4v) is 1.25. The van der Waals surface area contributed by atoms with Gasteiger partial charge in [-0.3, -0.25) is 9.59 Å². The molecule has 1 aromatic carbocycles. The molecule has 0 heterocycles. The molecule has 1 unspecified atom stereocenters. The molecular formula is C11H12FNO3. The Bertz CT molecular complexity index is 389. The first-order valence-electron chi connectivity index (χ1n) is 4.71. The van der Waals surface area contributed by atoms with E-state index in [0.29, 0.717) is 5.56 Å². The van der Waals surface area contributed by atoms with Crippen LogP contribution in [0.5, 0.6) is 0 Å². The fraction of sp³-hybridized carbons (Fsp3) is 0.273. The minimum absolute atomic E-state index is 0.180. The third-order valence-corrected chi connectivity index (χ3v) is 2.17. The molecule has 0 aromatic heterocycles. The number of hydrogen-bond acceptors (Lipinski definition) is 3. The van der Waals surface area contributed by atoms with E-state index >= 15 is 0 Å². The van der Waals surface area contributed by atoms with Crippen LogP contribution < -0.4 is 5.73 Å². The lowest BCUT2D eigenvalue weighted by Gasteiger charge is -2.06. The van der Waals surface area contributed by atoms with E-state index in [1.165, 1.54) is 12.1 Å². The van der Waals surface area contributed by atoms with Crippen molar-refractivity contribution in [3.05, 3.63) is 35.4 Å². The van der Waals surface area contributed by atoms with Crippen LogP contribution in [0.25, 0.3) is 0 Å². The van der Waals surface area contributed by atoms with Crippen LogP contribution in [0.3, 0.4) is 0 Å². The molecule has 16 heavy (non-hydrogen) atoms. The van der Waals surface area contributed by atoms with E-state index in [9.17, 15) is 14.0 Å². The molecule has 5 heteroatoms. The highest BCUT2D eigenvalue weighted by atomic mass is 19.1. The van der Waals surface area contributed by atoms with Crippen LogP contribution in [0.1, 0.15) is 15.9 Å². The van der Waals surface area contributed by atoms with Gasteiger partial charge in [0.15, 0.2) is 12.5 Å². The van der Waals surface area contributed by atoms with Gasteiger partial charge in [0.1, 0.15) is 6.04 Å². The highest BCUT2D eigenvalue weighted by Crippen LogP contribution is 2.07. The predicted molar refractivity (Wildman–Crippen MR) is 56.1 cm³/mol. The molecule has 0 spiro atoms. The molecule has 1 atom stereocenters. The van der Waals surface area contributed by atoms with E-state index in [0.717, 1.165) is 0 Å². The highest BCUT2D eigenvalue weighted by molar-refractivity contribution is 5.96. The van der Waals surface area contributed by atoms with Crippen molar-refractivity contribution in [1.82, 2.24) is 0 Å². The summed E-state index contributed by atoms with van der Waals surface area (Å²) >= 11 is 0. The first-order valence-corrected chi connectivity index (χ1v) is 4.71. The molecule has 0 radical (unpaired) electrons. The summed E-state index contributed by atoms with van der Waals surface area (Å²) in [5.41, 5.74) is 6.32. The normalized spacial score (nSPS) is 12.1. The van der Waals surface area contributed by atoms with Gasteiger partial charge in [-0.15, -0.1) is 0 Å². The maximum atomic E-state index is 12.0. The Hall–Kier alpha value is -1.75. The topological polar surface area (TPSA) is 80.4 Å². The Morgan fingerprint density at radius 2 is 1.88 bits per heavy atom. The van der Waals surface area contributed by atoms with Crippen molar-refractivity contribution in [2.45, 2.75) is 12.5 Å². The molecule has 3 N–H and O–H groups in total. The Labute approximate surface area is 91.9 Å². The molecule has 0 bridgehead atoms. The zero-order valence-corrected chi connectivity index (χ0v) is 8.52. The molecular weight excluding hydrogens is 213 g/mol. The summed E-state index contributed by atoms with van der Waals surface area (Å²) in [5, 5.41) is 8.60. The summed E-state index contributed by atoms with van der Waals surface area (Å²) in [6.07, 6.45) is 0.180. The lowest BCUT2D eigenvalue weighted by atomic mass is 10.0. The van der Waals surface area contributed by atoms with Crippen LogP contribution in [-0.2, 0) is 11.2 Å². The molecule has 86 valence electrons. The van der Waals surface area contributed by atoms with Gasteiger partial charge in [-0.1, -0.05) is 24.3 Å². The van der Waals surface area contributed by atoms with Crippen LogP contribution >= 0.6 is 0 Å². The number of rotatable bonds is 5. The Morgan fingerprint density at radius 1 is 1.31 bits per heavy atom. The van der Waals surface area contributed by atoms with Crippen molar-refractivity contribution >= 4 is 11.8 Å². The molecule has 0 aliphatic carbocycles. The summed E-state index contributed by atoms with van der Waals surface area (Å²) in [4.78, 5) is 21.5. The van der Waals surface area contributed by atoms with Gasteiger partial charge in [-0.05, 0) is 12.0 Å². The van der Waals surface area contributed by atoms with Gasteiger partial charge in [-0.25, -0.2) is 4.39 Å². The minimum Gasteiger partial charge on any atom is -0.480 e. The van der Waals surface area contributed by atoms with E-state index in [4.69, 9.17) is 10.8 Å². The van der Waals surface area contributed by atoms with Gasteiger partial charge < -0.3 is 10.8 Å². The number of Topliss-reactive ketones (excluding diaryl/α,β-unsaturated/α-hetero) is 1. The Kier molecular flexibility index (Phi) is 4.13. The highest BCUT2D eigenvalue weighted by Gasteiger charge is 2.12. The van der Waals surface area contributed by atoms with Gasteiger partial charge in [-0.2, -0.15) is 0 Å². The maximum Gasteiger partial charge on any atom is 0.320 e. The number of carboxylic acid groups (broad SMARTS) is 1. The lowest BCUT2D eigenvalue weighted by molar-refractivity contribution is -0.138. The molecule has 0 amide bonds. The largest absolute Gasteiger partial charge is 0.480 e. The van der Waals surface area contributed by atoms with E-state index < -0.39 is 24.5 Å². The third kappa shape index (κ3) is 3.13. The molecule has 4 nitrogen and oxygen atoms in total. The van der Waals surface area contributed by atoms with E-state index in [-0.39, 0.29) is 12.0 Å². The molecule has 0 aliphatic heterocycles. The predicted octanol–water partition coefficient (Wildman–Crippen LogP) is 0.793. The summed E-state index contributed by atoms with van der Waals surface area (Å²) in [5.74, 6) is -1.67. The molecule has 1 aromatic rings. The quantitative estimate of drug-likeness (QED) is 0.726. The first kappa shape index (κ1) is 12.3. The number of nitrogens with two attached hydrogens (primary N) is 1. The van der Waals surface area contributed by atoms with Crippen LogP contribution in [0.2, 0.25) is 0 Å². The van der Waals surface area contributed by atoms with Gasteiger partial charge in [0.25, 0.3) is 0 Å². The monoisotopic (exact) mass is 225 g/mol. The van der Waals surface area contributed by atoms with Crippen molar-refractivity contribution < 1.29 is 19.1 Å². The number of carboxylic acids is 1. The van der Waals surface area contributed by atoms with Crippen molar-refractivity contribution in [1.29, 1.82) is 0 Å². The minimum atomic E-state index is -1.08. The van der Waals surface area contributed by atoms with Gasteiger partial charge in [0.05, 0.1) is 0 Å². The second-order valence-electron chi connectivity index (χ2n) is 3.40. The van der Waals surface area contributed by atoms with Crippen molar-refractivity contribution in [2.24, 2.45) is 5.73 Å². The standard InChI is InChI=1S/C11H12FNO3/c12-6-10(14)8-3-1-7(2-4-8)5-9(13)11(15)16/h1-4,9H,5-6,13H2,(H,15,16). The van der Waals surface area contributed by atoms with Crippen LogP contribution in [0, 0.1) is 0 Å². The zero-order valence-electron chi connectivity index (χ0n) is 8.52. The first-order chi connectivity index (χ1) is 7.54. The number of ketones is 1. The number of benzene rings is 1. The number of carbonyl (C=O) groups excluding carboxylic acids is 1. The molecule has 0 saturated heterocycles. The SMILES string of the molecule is NC(Cc1ccc(C(=O)CF)cc1)C(=O)O. The molecule has 0 fully saturated rings. The van der Waals surface area contributed by atoms with E-state index in [2.05, 4.69) is 0 Å². The Morgan fingerprint density at radius 3 is 2.31 bits per heavy atom. The van der Waals surface area contributed by atoms with Gasteiger partial charge in [0.2, 0.25) is 0 Å². The number of alkyl halides is 1. The van der Waals surface area contributed by atoms with Crippen molar-refractivity contribution in [2.75, 3.05) is 6.67 Å². The average Bonchev–Trinajstić information content (AvgIpc) is 2.28. The smallest absolute Gasteiger partial charge is 0.320 e. The second-order valence-corrected chi connectivity index (χ2v) is 3.40. The summed E-state index contributed by atoms with van der Waals surface area (Å²) in [7, 11) is 0. The average molecular weight is 225 g/mol. The van der Waals surface area contributed by atoms with E-state index in [1.54, 1.807) is 12.1 Å². The van der Waals surface area contributed by atoms with Gasteiger partial charge >= 0.3 is 5.97 Å². The number of hydrogen-bond donors (Lipinski definition) is 2. The second kappa shape index (κ2) is 5.37. The van der Waals surface area contributed by atoms with E-state index in [1.807, 2.05) is 0 Å². The van der Waals surface area contributed by atoms with Crippen LogP contribution in [-0.4, -0.2) is 29.6 Å². The third-order valence-electron chi connectivity index (χ3n) is 2.17. The fourth-order valence-electron chi connectivity index (χ4n) is 1.25. The number of halogens is 1. The molecule has 0 saturated carbocycles. The van der Waals surface area contributed by atoms with Crippen LogP contribution in [0.15, 0.2) is 24.3 Å². The summed E-state index contributed by atoms with van der Waals surface area (Å²) in [6.45, 7) is -1.03. The zero-order chi connectivity index (χ0) is 12.1. The molecule has 1 rings (SSSR count). The summed E-state index contributed by atoms with van der Waals surface area (Å²) in [6, 6.07) is 5.11. The van der Waals surface area contributed by atoms with Crippen molar-refractivity contribution in [3.8, 4) is 0 Å². The number of aliphatic carboxylic acids is 1. The lowest BCUT2D eigenvalue weighted by Crippen LogP contribution is -2.32. The number of carbonyl (C=O) groups is 2. The Balaban J connectivity index is 2.72. The van der Waals surface area contributed by atoms with Crippen LogP contribution in [0.4, 0.5) is 4.39 Å². The maximum absolute atomic E-state index is 12.0. The molecule has 0 aliphatic rings. The van der Waals surface area contributed by atoms with Gasteiger partial charge in [0, 0.05) is 5.56 Å².